The van der Waals surface area contributed by atoms with Crippen molar-refractivity contribution in [1.29, 1.82) is 0 Å². The molecule has 1 saturated heterocycles. The van der Waals surface area contributed by atoms with Crippen molar-refractivity contribution in [1.82, 2.24) is 15.1 Å². The van der Waals surface area contributed by atoms with E-state index in [0.29, 0.717) is 13.0 Å². The zero-order valence-electron chi connectivity index (χ0n) is 15.6. The Morgan fingerprint density at radius 2 is 1.58 bits per heavy atom. The highest BCUT2D eigenvalue weighted by Crippen LogP contribution is 2.21. The predicted molar refractivity (Wildman–Crippen MR) is 106 cm³/mol. The molecule has 2 aromatic carbocycles. The lowest BCUT2D eigenvalue weighted by Crippen LogP contribution is -2.49. The summed E-state index contributed by atoms with van der Waals surface area (Å²) in [6.07, 6.45) is 0.436. The molecule has 1 fully saturated rings. The molecule has 138 valence electrons. The van der Waals surface area contributed by atoms with E-state index in [1.54, 1.807) is 0 Å². The molecule has 1 amide bonds. The summed E-state index contributed by atoms with van der Waals surface area (Å²) in [7, 11) is 0. The molecule has 0 bridgehead atoms. The normalized spacial score (nSPS) is 17.0. The number of carbonyl (C=O) groups is 1. The van der Waals surface area contributed by atoms with Crippen LogP contribution in [0.15, 0.2) is 60.7 Å². The SMILES string of the molecule is CCN1CCN(C(CNC(=O)Cc2ccccc2)c2ccccc2)CC1. The average Bonchev–Trinajstić information content (AvgIpc) is 2.70. The van der Waals surface area contributed by atoms with Gasteiger partial charge >= 0.3 is 0 Å². The number of likely N-dealkylation sites (N-methyl/N-ethyl adjacent to an activating group) is 1. The molecule has 0 aliphatic carbocycles. The lowest BCUT2D eigenvalue weighted by molar-refractivity contribution is -0.120. The molecule has 1 atom stereocenters. The molecule has 4 heteroatoms. The number of carbonyl (C=O) groups excluding carboxylic acids is 1. The van der Waals surface area contributed by atoms with Crippen LogP contribution in [0.2, 0.25) is 0 Å². The summed E-state index contributed by atoms with van der Waals surface area (Å²) in [4.78, 5) is 17.4. The number of hydrogen-bond donors (Lipinski definition) is 1. The highest BCUT2D eigenvalue weighted by atomic mass is 16.1. The van der Waals surface area contributed by atoms with E-state index in [4.69, 9.17) is 0 Å². The molecule has 1 N–H and O–H groups in total. The molecule has 1 unspecified atom stereocenters. The fraction of sp³-hybridized carbons (Fsp3) is 0.409. The summed E-state index contributed by atoms with van der Waals surface area (Å²) in [6, 6.07) is 20.7. The van der Waals surface area contributed by atoms with Crippen LogP contribution < -0.4 is 5.32 Å². The highest BCUT2D eigenvalue weighted by molar-refractivity contribution is 5.78. The molecular formula is C22H29N3O. The first-order chi connectivity index (χ1) is 12.8. The molecule has 1 aliphatic heterocycles. The van der Waals surface area contributed by atoms with E-state index in [0.717, 1.165) is 38.3 Å². The predicted octanol–water partition coefficient (Wildman–Crippen LogP) is 2.72. The van der Waals surface area contributed by atoms with Crippen LogP contribution in [-0.2, 0) is 11.2 Å². The van der Waals surface area contributed by atoms with E-state index in [2.05, 4.69) is 46.3 Å². The smallest absolute Gasteiger partial charge is 0.224 e. The minimum atomic E-state index is 0.0873. The van der Waals surface area contributed by atoms with Gasteiger partial charge in [0.25, 0.3) is 0 Å². The number of piperazine rings is 1. The van der Waals surface area contributed by atoms with Gasteiger partial charge in [-0.3, -0.25) is 9.69 Å². The van der Waals surface area contributed by atoms with Gasteiger partial charge in [0.1, 0.15) is 0 Å². The Hall–Kier alpha value is -2.17. The molecule has 2 aromatic rings. The molecule has 1 heterocycles. The second kappa shape index (κ2) is 9.51. The molecule has 0 aromatic heterocycles. The summed E-state index contributed by atoms with van der Waals surface area (Å²) in [5.41, 5.74) is 2.33. The lowest BCUT2D eigenvalue weighted by atomic mass is 10.0. The third kappa shape index (κ3) is 5.16. The average molecular weight is 351 g/mol. The Bertz CT molecular complexity index is 666. The summed E-state index contributed by atoms with van der Waals surface area (Å²) in [5, 5.41) is 3.16. The van der Waals surface area contributed by atoms with Crippen molar-refractivity contribution in [2.24, 2.45) is 0 Å². The second-order valence-electron chi connectivity index (χ2n) is 6.86. The third-order valence-corrected chi connectivity index (χ3v) is 5.18. The largest absolute Gasteiger partial charge is 0.354 e. The number of nitrogens with one attached hydrogen (secondary N) is 1. The lowest BCUT2D eigenvalue weighted by Gasteiger charge is -2.39. The number of nitrogens with zero attached hydrogens (tertiary/aromatic N) is 2. The Morgan fingerprint density at radius 1 is 0.962 bits per heavy atom. The van der Waals surface area contributed by atoms with Gasteiger partial charge in [-0.2, -0.15) is 0 Å². The quantitative estimate of drug-likeness (QED) is 0.833. The minimum Gasteiger partial charge on any atom is -0.354 e. The Morgan fingerprint density at radius 3 is 2.19 bits per heavy atom. The van der Waals surface area contributed by atoms with Gasteiger partial charge in [-0.25, -0.2) is 0 Å². The first kappa shape index (κ1) is 18.6. The van der Waals surface area contributed by atoms with Crippen LogP contribution in [0, 0.1) is 0 Å². The van der Waals surface area contributed by atoms with Crippen LogP contribution in [0.1, 0.15) is 24.1 Å². The van der Waals surface area contributed by atoms with E-state index < -0.39 is 0 Å². The van der Waals surface area contributed by atoms with Crippen molar-refractivity contribution >= 4 is 5.91 Å². The van der Waals surface area contributed by atoms with Crippen molar-refractivity contribution < 1.29 is 4.79 Å². The van der Waals surface area contributed by atoms with Crippen LogP contribution in [0.3, 0.4) is 0 Å². The fourth-order valence-electron chi connectivity index (χ4n) is 3.58. The highest BCUT2D eigenvalue weighted by Gasteiger charge is 2.24. The maximum absolute atomic E-state index is 12.4. The summed E-state index contributed by atoms with van der Waals surface area (Å²) < 4.78 is 0. The molecule has 0 saturated carbocycles. The van der Waals surface area contributed by atoms with Crippen molar-refractivity contribution in [2.75, 3.05) is 39.3 Å². The van der Waals surface area contributed by atoms with E-state index in [9.17, 15) is 4.79 Å². The van der Waals surface area contributed by atoms with E-state index >= 15 is 0 Å². The summed E-state index contributed by atoms with van der Waals surface area (Å²) >= 11 is 0. The number of rotatable bonds is 7. The van der Waals surface area contributed by atoms with Crippen LogP contribution in [-0.4, -0.2) is 55.0 Å². The summed E-state index contributed by atoms with van der Waals surface area (Å²) in [6.45, 7) is 8.26. The van der Waals surface area contributed by atoms with Crippen LogP contribution >= 0.6 is 0 Å². The van der Waals surface area contributed by atoms with Crippen molar-refractivity contribution in [3.05, 3.63) is 71.8 Å². The van der Waals surface area contributed by atoms with E-state index in [1.807, 2.05) is 36.4 Å². The van der Waals surface area contributed by atoms with Gasteiger partial charge < -0.3 is 10.2 Å². The van der Waals surface area contributed by atoms with Gasteiger partial charge in [-0.05, 0) is 17.7 Å². The minimum absolute atomic E-state index is 0.0873. The number of amides is 1. The molecular weight excluding hydrogens is 322 g/mol. The van der Waals surface area contributed by atoms with Crippen LogP contribution in [0.25, 0.3) is 0 Å². The zero-order chi connectivity index (χ0) is 18.2. The molecule has 0 radical (unpaired) electrons. The first-order valence-electron chi connectivity index (χ1n) is 9.58. The Labute approximate surface area is 156 Å². The van der Waals surface area contributed by atoms with E-state index in [-0.39, 0.29) is 11.9 Å². The standard InChI is InChI=1S/C22H29N3O/c1-2-24-13-15-25(16-14-24)21(20-11-7-4-8-12-20)18-23-22(26)17-19-9-5-3-6-10-19/h3-12,21H,2,13-18H2,1H3,(H,23,26). The van der Waals surface area contributed by atoms with Gasteiger partial charge in [0.05, 0.1) is 12.5 Å². The topological polar surface area (TPSA) is 35.6 Å². The van der Waals surface area contributed by atoms with E-state index in [1.165, 1.54) is 5.56 Å². The molecule has 3 rings (SSSR count). The maximum atomic E-state index is 12.4. The van der Waals surface area contributed by atoms with Gasteiger partial charge in [0.2, 0.25) is 5.91 Å². The zero-order valence-corrected chi connectivity index (χ0v) is 15.6. The van der Waals surface area contributed by atoms with Crippen LogP contribution in [0.5, 0.6) is 0 Å². The maximum Gasteiger partial charge on any atom is 0.224 e. The monoisotopic (exact) mass is 351 g/mol. The van der Waals surface area contributed by atoms with Crippen molar-refractivity contribution in [3.8, 4) is 0 Å². The Balaban J connectivity index is 1.62. The van der Waals surface area contributed by atoms with Gasteiger partial charge in [-0.1, -0.05) is 67.6 Å². The molecule has 26 heavy (non-hydrogen) atoms. The number of hydrogen-bond acceptors (Lipinski definition) is 3. The first-order valence-corrected chi connectivity index (χ1v) is 9.58. The van der Waals surface area contributed by atoms with Crippen molar-refractivity contribution in [2.45, 2.75) is 19.4 Å². The molecule has 4 nitrogen and oxygen atoms in total. The van der Waals surface area contributed by atoms with Crippen LogP contribution in [0.4, 0.5) is 0 Å². The van der Waals surface area contributed by atoms with Gasteiger partial charge in [0.15, 0.2) is 0 Å². The van der Waals surface area contributed by atoms with Gasteiger partial charge in [-0.15, -0.1) is 0 Å². The fourth-order valence-corrected chi connectivity index (χ4v) is 3.58. The Kier molecular flexibility index (Phi) is 6.81. The summed E-state index contributed by atoms with van der Waals surface area (Å²) in [5.74, 6) is 0.0873. The molecule has 0 spiro atoms. The third-order valence-electron chi connectivity index (χ3n) is 5.18. The second-order valence-corrected chi connectivity index (χ2v) is 6.86. The number of benzene rings is 2. The van der Waals surface area contributed by atoms with Crippen molar-refractivity contribution in [3.63, 3.8) is 0 Å². The molecule has 1 aliphatic rings. The van der Waals surface area contributed by atoms with Gasteiger partial charge in [0, 0.05) is 32.7 Å².